The molecule has 1 aromatic carbocycles. The van der Waals surface area contributed by atoms with Gasteiger partial charge in [0, 0.05) is 11.4 Å². The van der Waals surface area contributed by atoms with Gasteiger partial charge >= 0.3 is 0 Å². The molecule has 1 amide bonds. The first kappa shape index (κ1) is 13.9. The van der Waals surface area contributed by atoms with E-state index in [0.717, 1.165) is 12.1 Å². The third kappa shape index (κ3) is 3.06. The molecule has 19 heavy (non-hydrogen) atoms. The molecule has 2 nitrogen and oxygen atoms in total. The first-order valence-electron chi connectivity index (χ1n) is 7.34. The number of allylic oxidation sites excluding steroid dienone is 1. The van der Waals surface area contributed by atoms with Crippen LogP contribution in [0.25, 0.3) is 0 Å². The molecule has 1 unspecified atom stereocenters. The average Bonchev–Trinajstić information content (AvgIpc) is 2.46. The van der Waals surface area contributed by atoms with E-state index in [9.17, 15) is 4.79 Å². The van der Waals surface area contributed by atoms with Crippen LogP contribution in [0.15, 0.2) is 42.1 Å². The Kier molecular flexibility index (Phi) is 4.78. The van der Waals surface area contributed by atoms with Gasteiger partial charge in [0.05, 0.1) is 5.92 Å². The lowest BCUT2D eigenvalue weighted by Gasteiger charge is -2.40. The molecule has 1 atom stereocenters. The summed E-state index contributed by atoms with van der Waals surface area (Å²) in [5.74, 6) is 0.275. The van der Waals surface area contributed by atoms with Crippen LogP contribution >= 0.6 is 0 Å². The lowest BCUT2D eigenvalue weighted by atomic mass is 9.92. The van der Waals surface area contributed by atoms with E-state index < -0.39 is 0 Å². The van der Waals surface area contributed by atoms with Crippen LogP contribution in [0, 0.1) is 5.92 Å². The van der Waals surface area contributed by atoms with Crippen molar-refractivity contribution in [1.29, 1.82) is 0 Å². The minimum absolute atomic E-state index is 0.0615. The van der Waals surface area contributed by atoms with E-state index in [4.69, 9.17) is 0 Å². The van der Waals surface area contributed by atoms with Gasteiger partial charge in [-0.25, -0.2) is 0 Å². The zero-order valence-corrected chi connectivity index (χ0v) is 11.9. The van der Waals surface area contributed by atoms with Crippen LogP contribution in [0.1, 0.15) is 46.0 Å². The molecule has 2 rings (SSSR count). The fraction of sp³-hybridized carbons (Fsp3) is 0.471. The van der Waals surface area contributed by atoms with Crippen LogP contribution in [0.5, 0.6) is 0 Å². The molecular weight excluding hydrogens is 234 g/mol. The summed E-state index contributed by atoms with van der Waals surface area (Å²) in [5, 5.41) is 0. The highest BCUT2D eigenvalue weighted by Gasteiger charge is 2.39. The van der Waals surface area contributed by atoms with Crippen molar-refractivity contribution in [1.82, 2.24) is 0 Å². The lowest BCUT2D eigenvalue weighted by Crippen LogP contribution is -2.49. The summed E-state index contributed by atoms with van der Waals surface area (Å²) < 4.78 is 0. The molecule has 1 saturated heterocycles. The molecule has 2 heteroatoms. The second-order valence-corrected chi connectivity index (χ2v) is 5.21. The maximum absolute atomic E-state index is 12.0. The van der Waals surface area contributed by atoms with Gasteiger partial charge < -0.3 is 0 Å². The van der Waals surface area contributed by atoms with Gasteiger partial charge in [-0.1, -0.05) is 50.5 Å². The summed E-state index contributed by atoms with van der Waals surface area (Å²) in [6.07, 6.45) is 8.40. The Hall–Kier alpha value is -1.57. The SMILES string of the molecule is CCCCCC/C=C1/C(C)C(=O)N1c1ccccc1. The van der Waals surface area contributed by atoms with Crippen molar-refractivity contribution in [2.45, 2.75) is 46.0 Å². The Balaban J connectivity index is 1.99. The largest absolute Gasteiger partial charge is 0.284 e. The number of carbonyl (C=O) groups excluding carboxylic acids is 1. The standard InChI is InChI=1S/C17H23NO/c1-3-4-5-6-10-13-16-14(2)17(19)18(16)15-11-8-7-9-12-15/h7-9,11-14H,3-6,10H2,1-2H3/b16-13-. The van der Waals surface area contributed by atoms with E-state index >= 15 is 0 Å². The second-order valence-electron chi connectivity index (χ2n) is 5.21. The van der Waals surface area contributed by atoms with E-state index in [0.29, 0.717) is 0 Å². The molecule has 1 aromatic rings. The molecule has 0 N–H and O–H groups in total. The number of para-hydroxylation sites is 1. The first-order chi connectivity index (χ1) is 9.25. The number of hydrogen-bond donors (Lipinski definition) is 0. The Bertz CT molecular complexity index is 450. The molecule has 1 heterocycles. The zero-order chi connectivity index (χ0) is 13.7. The van der Waals surface area contributed by atoms with Crippen LogP contribution in [0.3, 0.4) is 0 Å². The minimum Gasteiger partial charge on any atom is -0.284 e. The van der Waals surface area contributed by atoms with E-state index in [1.54, 1.807) is 0 Å². The topological polar surface area (TPSA) is 20.3 Å². The molecule has 0 spiro atoms. The predicted molar refractivity (Wildman–Crippen MR) is 79.9 cm³/mol. The Morgan fingerprint density at radius 1 is 1.16 bits per heavy atom. The minimum atomic E-state index is 0.0615. The second kappa shape index (κ2) is 6.55. The van der Waals surface area contributed by atoms with E-state index in [1.807, 2.05) is 42.2 Å². The van der Waals surface area contributed by atoms with Crippen LogP contribution in [-0.2, 0) is 4.79 Å². The summed E-state index contributed by atoms with van der Waals surface area (Å²) in [6.45, 7) is 4.22. The molecule has 0 radical (unpaired) electrons. The lowest BCUT2D eigenvalue weighted by molar-refractivity contribution is -0.124. The van der Waals surface area contributed by atoms with Gasteiger partial charge in [0.1, 0.15) is 0 Å². The van der Waals surface area contributed by atoms with Crippen LogP contribution < -0.4 is 4.90 Å². The van der Waals surface area contributed by atoms with E-state index in [-0.39, 0.29) is 11.8 Å². The highest BCUT2D eigenvalue weighted by Crippen LogP contribution is 2.35. The normalized spacial score (nSPS) is 20.7. The fourth-order valence-corrected chi connectivity index (χ4v) is 2.52. The molecule has 0 aliphatic carbocycles. The van der Waals surface area contributed by atoms with Gasteiger partial charge in [-0.05, 0) is 31.9 Å². The summed E-state index contributed by atoms with van der Waals surface area (Å²) in [5.41, 5.74) is 2.16. The number of unbranched alkanes of at least 4 members (excludes halogenated alkanes) is 4. The van der Waals surface area contributed by atoms with Crippen molar-refractivity contribution in [2.75, 3.05) is 4.90 Å². The smallest absolute Gasteiger partial charge is 0.240 e. The van der Waals surface area contributed by atoms with Crippen molar-refractivity contribution >= 4 is 11.6 Å². The monoisotopic (exact) mass is 257 g/mol. The van der Waals surface area contributed by atoms with E-state index in [2.05, 4.69) is 13.0 Å². The summed E-state index contributed by atoms with van der Waals surface area (Å²) in [4.78, 5) is 13.8. The van der Waals surface area contributed by atoms with Gasteiger partial charge in [0.2, 0.25) is 5.91 Å². The van der Waals surface area contributed by atoms with Crippen molar-refractivity contribution < 1.29 is 4.79 Å². The number of amides is 1. The first-order valence-corrected chi connectivity index (χ1v) is 7.34. The maximum atomic E-state index is 12.0. The summed E-state index contributed by atoms with van der Waals surface area (Å²) >= 11 is 0. The predicted octanol–water partition coefficient (Wildman–Crippen LogP) is 4.52. The molecule has 0 bridgehead atoms. The number of anilines is 1. The van der Waals surface area contributed by atoms with Gasteiger partial charge in [0.25, 0.3) is 0 Å². The maximum Gasteiger partial charge on any atom is 0.240 e. The number of nitrogens with zero attached hydrogens (tertiary/aromatic N) is 1. The quantitative estimate of drug-likeness (QED) is 0.542. The number of rotatable bonds is 6. The van der Waals surface area contributed by atoms with Gasteiger partial charge in [-0.3, -0.25) is 9.69 Å². The molecule has 1 aliphatic heterocycles. The van der Waals surface area contributed by atoms with Crippen molar-refractivity contribution in [3.05, 3.63) is 42.1 Å². The zero-order valence-electron chi connectivity index (χ0n) is 11.9. The number of carbonyl (C=O) groups is 1. The van der Waals surface area contributed by atoms with Crippen molar-refractivity contribution in [2.24, 2.45) is 5.92 Å². The van der Waals surface area contributed by atoms with Crippen LogP contribution in [0.4, 0.5) is 5.69 Å². The number of benzene rings is 1. The third-order valence-corrected chi connectivity index (χ3v) is 3.72. The Morgan fingerprint density at radius 3 is 2.58 bits per heavy atom. The summed E-state index contributed by atoms with van der Waals surface area (Å²) in [6, 6.07) is 9.92. The average molecular weight is 257 g/mol. The molecule has 0 aromatic heterocycles. The molecular formula is C17H23NO. The molecule has 0 saturated carbocycles. The third-order valence-electron chi connectivity index (χ3n) is 3.72. The number of β-lactam (4-membered cyclic amide) rings is 1. The Labute approximate surface area is 116 Å². The van der Waals surface area contributed by atoms with Crippen molar-refractivity contribution in [3.63, 3.8) is 0 Å². The van der Waals surface area contributed by atoms with Gasteiger partial charge in [-0.2, -0.15) is 0 Å². The van der Waals surface area contributed by atoms with Crippen LogP contribution in [-0.4, -0.2) is 5.91 Å². The van der Waals surface area contributed by atoms with Crippen molar-refractivity contribution in [3.8, 4) is 0 Å². The molecule has 1 aliphatic rings. The number of hydrogen-bond acceptors (Lipinski definition) is 1. The molecule has 102 valence electrons. The Morgan fingerprint density at radius 2 is 1.89 bits per heavy atom. The fourth-order valence-electron chi connectivity index (χ4n) is 2.52. The highest BCUT2D eigenvalue weighted by molar-refractivity contribution is 6.07. The highest BCUT2D eigenvalue weighted by atomic mass is 16.2. The van der Waals surface area contributed by atoms with Gasteiger partial charge in [0.15, 0.2) is 0 Å². The van der Waals surface area contributed by atoms with E-state index in [1.165, 1.54) is 31.4 Å². The molecule has 1 fully saturated rings. The van der Waals surface area contributed by atoms with Gasteiger partial charge in [-0.15, -0.1) is 0 Å². The summed E-state index contributed by atoms with van der Waals surface area (Å²) in [7, 11) is 0. The van der Waals surface area contributed by atoms with Crippen LogP contribution in [0.2, 0.25) is 0 Å².